The molecule has 3 aliphatic carbocycles. The third kappa shape index (κ3) is 3.56. The fourth-order valence-corrected chi connectivity index (χ4v) is 4.55. The Balaban J connectivity index is 1.52. The van der Waals surface area contributed by atoms with Gasteiger partial charge in [-0.3, -0.25) is 9.59 Å². The number of fused-ring (bicyclic) bond motifs is 2. The zero-order chi connectivity index (χ0) is 14.8. The van der Waals surface area contributed by atoms with E-state index in [0.717, 1.165) is 31.6 Å². The average Bonchev–Trinajstić information content (AvgIpc) is 2.96. The molecule has 0 aromatic heterocycles. The van der Waals surface area contributed by atoms with Crippen LogP contribution in [0, 0.1) is 23.7 Å². The number of ketones is 1. The summed E-state index contributed by atoms with van der Waals surface area (Å²) in [6.07, 6.45) is 12.5. The van der Waals surface area contributed by atoms with Gasteiger partial charge in [-0.25, -0.2) is 0 Å². The molecule has 3 aliphatic rings. The highest BCUT2D eigenvalue weighted by Gasteiger charge is 2.34. The van der Waals surface area contributed by atoms with E-state index in [4.69, 9.17) is 0 Å². The van der Waals surface area contributed by atoms with Crippen molar-refractivity contribution in [3.05, 3.63) is 12.2 Å². The van der Waals surface area contributed by atoms with Gasteiger partial charge in [-0.05, 0) is 49.9 Å². The zero-order valence-electron chi connectivity index (χ0n) is 13.0. The van der Waals surface area contributed by atoms with Crippen LogP contribution in [0.5, 0.6) is 0 Å². The van der Waals surface area contributed by atoms with Crippen LogP contribution in [0.15, 0.2) is 12.2 Å². The number of allylic oxidation sites excluding steroid dienone is 1. The molecule has 0 aromatic carbocycles. The van der Waals surface area contributed by atoms with Crippen molar-refractivity contribution in [1.82, 2.24) is 5.32 Å². The van der Waals surface area contributed by atoms with Gasteiger partial charge in [-0.2, -0.15) is 0 Å². The lowest BCUT2D eigenvalue weighted by molar-refractivity contribution is -0.130. The second-order valence-corrected chi connectivity index (χ2v) is 7.44. The maximum Gasteiger partial charge on any atom is 0.227 e. The molecule has 2 saturated carbocycles. The smallest absolute Gasteiger partial charge is 0.227 e. The fourth-order valence-electron chi connectivity index (χ4n) is 4.55. The van der Waals surface area contributed by atoms with E-state index in [1.807, 2.05) is 0 Å². The third-order valence-electron chi connectivity index (χ3n) is 5.59. The van der Waals surface area contributed by atoms with Crippen LogP contribution in [0.4, 0.5) is 0 Å². The molecule has 3 heteroatoms. The summed E-state index contributed by atoms with van der Waals surface area (Å²) < 4.78 is 0. The zero-order valence-corrected chi connectivity index (χ0v) is 13.0. The SMILES string of the molecule is CC1CC2C=CC(NC(=O)CC(=O)C3CCCC3)C(C1)C2. The molecular formula is C18H27NO2. The van der Waals surface area contributed by atoms with Gasteiger partial charge in [0, 0.05) is 12.0 Å². The molecule has 0 heterocycles. The maximum absolute atomic E-state index is 12.2. The number of Topliss-reactive ketones (excluding diaryl/α,β-unsaturated/α-hetero) is 1. The fraction of sp³-hybridized carbons (Fsp3) is 0.778. The Kier molecular flexibility index (Phi) is 4.46. The molecule has 116 valence electrons. The molecule has 1 amide bonds. The molecule has 3 nitrogen and oxygen atoms in total. The molecule has 0 spiro atoms. The summed E-state index contributed by atoms with van der Waals surface area (Å²) in [4.78, 5) is 24.2. The second-order valence-electron chi connectivity index (χ2n) is 7.44. The Bertz CT molecular complexity index is 436. The molecular weight excluding hydrogens is 262 g/mol. The molecule has 0 radical (unpaired) electrons. The lowest BCUT2D eigenvalue weighted by Gasteiger charge is -2.39. The average molecular weight is 289 g/mol. The van der Waals surface area contributed by atoms with Crippen LogP contribution in [0.25, 0.3) is 0 Å². The predicted molar refractivity (Wildman–Crippen MR) is 82.6 cm³/mol. The van der Waals surface area contributed by atoms with Crippen molar-refractivity contribution in [1.29, 1.82) is 0 Å². The van der Waals surface area contributed by atoms with Crippen LogP contribution >= 0.6 is 0 Å². The van der Waals surface area contributed by atoms with Crippen LogP contribution in [-0.2, 0) is 9.59 Å². The minimum atomic E-state index is -0.0711. The summed E-state index contributed by atoms with van der Waals surface area (Å²) in [5.41, 5.74) is 0. The van der Waals surface area contributed by atoms with E-state index < -0.39 is 0 Å². The Labute approximate surface area is 127 Å². The van der Waals surface area contributed by atoms with Crippen LogP contribution in [0.1, 0.15) is 58.3 Å². The van der Waals surface area contributed by atoms with Crippen molar-refractivity contribution < 1.29 is 9.59 Å². The molecule has 3 rings (SSSR count). The van der Waals surface area contributed by atoms with E-state index >= 15 is 0 Å². The van der Waals surface area contributed by atoms with Gasteiger partial charge in [0.15, 0.2) is 0 Å². The Morgan fingerprint density at radius 2 is 1.86 bits per heavy atom. The van der Waals surface area contributed by atoms with Gasteiger partial charge in [0.2, 0.25) is 5.91 Å². The van der Waals surface area contributed by atoms with Gasteiger partial charge in [-0.15, -0.1) is 0 Å². The van der Waals surface area contributed by atoms with E-state index in [1.54, 1.807) is 0 Å². The number of nitrogens with one attached hydrogen (secondary N) is 1. The standard InChI is InChI=1S/C18H27NO2/c1-12-8-13-6-7-16(15(9-12)10-13)19-18(21)11-17(20)14-4-2-3-5-14/h6-7,12-16H,2-5,8-11H2,1H3,(H,19,21). The predicted octanol–water partition coefficient (Wildman–Crippen LogP) is 3.24. The van der Waals surface area contributed by atoms with Crippen LogP contribution in [0.2, 0.25) is 0 Å². The molecule has 0 aromatic rings. The monoisotopic (exact) mass is 289 g/mol. The van der Waals surface area contributed by atoms with E-state index in [9.17, 15) is 9.59 Å². The summed E-state index contributed by atoms with van der Waals surface area (Å²) in [5, 5.41) is 3.10. The van der Waals surface area contributed by atoms with Crippen LogP contribution < -0.4 is 5.32 Å². The highest BCUT2D eigenvalue weighted by molar-refractivity contribution is 5.99. The number of carbonyl (C=O) groups is 2. The molecule has 0 saturated heterocycles. The maximum atomic E-state index is 12.2. The Morgan fingerprint density at radius 1 is 1.10 bits per heavy atom. The topological polar surface area (TPSA) is 46.2 Å². The first-order chi connectivity index (χ1) is 10.1. The normalized spacial score (nSPS) is 35.7. The molecule has 4 unspecified atom stereocenters. The van der Waals surface area contributed by atoms with Gasteiger partial charge in [0.1, 0.15) is 5.78 Å². The van der Waals surface area contributed by atoms with Crippen molar-refractivity contribution in [2.75, 3.05) is 0 Å². The van der Waals surface area contributed by atoms with Gasteiger partial charge in [0.25, 0.3) is 0 Å². The summed E-state index contributed by atoms with van der Waals surface area (Å²) >= 11 is 0. The van der Waals surface area contributed by atoms with Crippen molar-refractivity contribution >= 4 is 11.7 Å². The van der Waals surface area contributed by atoms with E-state index in [0.29, 0.717) is 11.8 Å². The minimum Gasteiger partial charge on any atom is -0.349 e. The van der Waals surface area contributed by atoms with E-state index in [1.165, 1.54) is 19.3 Å². The van der Waals surface area contributed by atoms with E-state index in [-0.39, 0.29) is 30.1 Å². The molecule has 4 atom stereocenters. The summed E-state index contributed by atoms with van der Waals surface area (Å²) in [6, 6.07) is 0.146. The first-order valence-electron chi connectivity index (χ1n) is 8.62. The first-order valence-corrected chi connectivity index (χ1v) is 8.62. The number of rotatable bonds is 4. The van der Waals surface area contributed by atoms with Crippen molar-refractivity contribution in [2.45, 2.75) is 64.3 Å². The highest BCUT2D eigenvalue weighted by atomic mass is 16.2. The molecule has 2 fully saturated rings. The highest BCUT2D eigenvalue weighted by Crippen LogP contribution is 2.39. The third-order valence-corrected chi connectivity index (χ3v) is 5.59. The largest absolute Gasteiger partial charge is 0.349 e. The minimum absolute atomic E-state index is 0.0711. The van der Waals surface area contributed by atoms with Crippen LogP contribution in [0.3, 0.4) is 0 Å². The quantitative estimate of drug-likeness (QED) is 0.638. The van der Waals surface area contributed by atoms with Crippen molar-refractivity contribution in [3.8, 4) is 0 Å². The Morgan fingerprint density at radius 3 is 2.62 bits per heavy atom. The Hall–Kier alpha value is -1.12. The molecule has 0 aliphatic heterocycles. The van der Waals surface area contributed by atoms with Gasteiger partial charge < -0.3 is 5.32 Å². The van der Waals surface area contributed by atoms with Gasteiger partial charge in [0.05, 0.1) is 6.42 Å². The van der Waals surface area contributed by atoms with Crippen molar-refractivity contribution in [3.63, 3.8) is 0 Å². The van der Waals surface area contributed by atoms with E-state index in [2.05, 4.69) is 24.4 Å². The second kappa shape index (κ2) is 6.33. The van der Waals surface area contributed by atoms with Gasteiger partial charge >= 0.3 is 0 Å². The van der Waals surface area contributed by atoms with Crippen LogP contribution in [-0.4, -0.2) is 17.7 Å². The molecule has 21 heavy (non-hydrogen) atoms. The number of hydrogen-bond donors (Lipinski definition) is 1. The number of hydrogen-bond acceptors (Lipinski definition) is 2. The number of carbonyl (C=O) groups excluding carboxylic acids is 2. The van der Waals surface area contributed by atoms with Gasteiger partial charge in [-0.1, -0.05) is 31.9 Å². The summed E-state index contributed by atoms with van der Waals surface area (Å²) in [5.74, 6) is 2.24. The first kappa shape index (κ1) is 14.8. The number of amides is 1. The lowest BCUT2D eigenvalue weighted by atomic mass is 9.69. The van der Waals surface area contributed by atoms with Crippen molar-refractivity contribution in [2.24, 2.45) is 23.7 Å². The molecule has 2 bridgehead atoms. The lowest BCUT2D eigenvalue weighted by Crippen LogP contribution is -2.44. The summed E-state index contributed by atoms with van der Waals surface area (Å²) in [7, 11) is 0. The molecule has 1 N–H and O–H groups in total. The summed E-state index contributed by atoms with van der Waals surface area (Å²) in [6.45, 7) is 2.31.